The fraction of sp³-hybridized carbons (Fsp3) is 0.417. The van der Waals surface area contributed by atoms with E-state index in [4.69, 9.17) is 5.73 Å². The van der Waals surface area contributed by atoms with E-state index in [0.717, 1.165) is 11.8 Å². The first-order chi connectivity index (χ1) is 11.0. The minimum absolute atomic E-state index is 0.0179. The molecule has 0 aromatic carbocycles. The molecule has 23 heavy (non-hydrogen) atoms. The number of nitrogen functional groups attached to an aromatic ring is 1. The Morgan fingerprint density at radius 2 is 2.17 bits per heavy atom. The van der Waals surface area contributed by atoms with Gasteiger partial charge in [0, 0.05) is 13.6 Å². The summed E-state index contributed by atoms with van der Waals surface area (Å²) in [5, 5.41) is 11.2. The number of hydrogen-bond donors (Lipinski definition) is 3. The predicted molar refractivity (Wildman–Crippen MR) is 90.5 cm³/mol. The summed E-state index contributed by atoms with van der Waals surface area (Å²) < 4.78 is 1.79. The van der Waals surface area contributed by atoms with Gasteiger partial charge in [0.25, 0.3) is 5.56 Å². The highest BCUT2D eigenvalue weighted by atomic mass is 32.2. The number of rotatable bonds is 7. The van der Waals surface area contributed by atoms with Gasteiger partial charge in [0.05, 0.1) is 5.75 Å². The van der Waals surface area contributed by atoms with Crippen molar-refractivity contribution in [3.63, 3.8) is 0 Å². The standard InChI is InChI=1S/C12H16N6O3S2/c1-3-4-18-8(13)7(9(20)15-11(18)21)6(19)5-22-12-17-16-10(14-2)23-12/h3-5,13H2,1-2H3,(H,14,16)(H,15,20,21). The SMILES string of the molecule is CCCn1c(N)c(C(=O)CSc2nnc(NC)s2)c(=O)[nH]c1=O. The van der Waals surface area contributed by atoms with Crippen LogP contribution in [-0.4, -0.2) is 38.3 Å². The topological polar surface area (TPSA) is 136 Å². The van der Waals surface area contributed by atoms with E-state index in [0.29, 0.717) is 22.4 Å². The molecule has 0 unspecified atom stereocenters. The lowest BCUT2D eigenvalue weighted by Gasteiger charge is -2.10. The lowest BCUT2D eigenvalue weighted by Crippen LogP contribution is -2.36. The summed E-state index contributed by atoms with van der Waals surface area (Å²) in [6, 6.07) is 0. The number of nitrogens with one attached hydrogen (secondary N) is 2. The molecular weight excluding hydrogens is 340 g/mol. The molecule has 0 aliphatic rings. The van der Waals surface area contributed by atoms with Crippen molar-refractivity contribution < 1.29 is 4.79 Å². The first-order valence-corrected chi connectivity index (χ1v) is 8.58. The summed E-state index contributed by atoms with van der Waals surface area (Å²) in [7, 11) is 1.72. The van der Waals surface area contributed by atoms with Crippen LogP contribution in [0.5, 0.6) is 0 Å². The Morgan fingerprint density at radius 1 is 1.43 bits per heavy atom. The van der Waals surface area contributed by atoms with Crippen LogP contribution in [0.1, 0.15) is 23.7 Å². The van der Waals surface area contributed by atoms with E-state index in [-0.39, 0.29) is 17.1 Å². The quantitative estimate of drug-likeness (QED) is 0.479. The molecule has 0 spiro atoms. The molecule has 11 heteroatoms. The Bertz CT molecular complexity index is 825. The molecule has 124 valence electrons. The molecule has 2 aromatic rings. The fourth-order valence-electron chi connectivity index (χ4n) is 1.87. The average Bonchev–Trinajstić information content (AvgIpc) is 2.97. The normalized spacial score (nSPS) is 10.7. The van der Waals surface area contributed by atoms with Gasteiger partial charge in [0.1, 0.15) is 11.4 Å². The Morgan fingerprint density at radius 3 is 2.78 bits per heavy atom. The Balaban J connectivity index is 2.23. The molecular formula is C12H16N6O3S2. The fourth-order valence-corrected chi connectivity index (χ4v) is 3.45. The van der Waals surface area contributed by atoms with Crippen LogP contribution in [0.2, 0.25) is 0 Å². The van der Waals surface area contributed by atoms with E-state index in [1.54, 1.807) is 7.05 Å². The molecule has 9 nitrogen and oxygen atoms in total. The largest absolute Gasteiger partial charge is 0.384 e. The van der Waals surface area contributed by atoms with E-state index in [1.807, 2.05) is 6.92 Å². The molecule has 0 saturated heterocycles. The lowest BCUT2D eigenvalue weighted by molar-refractivity contribution is 0.102. The third-order valence-electron chi connectivity index (χ3n) is 2.91. The maximum absolute atomic E-state index is 12.3. The van der Waals surface area contributed by atoms with Crippen molar-refractivity contribution in [1.82, 2.24) is 19.7 Å². The number of nitrogens with two attached hydrogens (primary N) is 1. The number of ketones is 1. The molecule has 2 heterocycles. The van der Waals surface area contributed by atoms with Crippen molar-refractivity contribution in [1.29, 1.82) is 0 Å². The number of H-pyrrole nitrogens is 1. The number of aromatic amines is 1. The van der Waals surface area contributed by atoms with E-state index in [1.165, 1.54) is 15.9 Å². The van der Waals surface area contributed by atoms with Gasteiger partial charge in [0.15, 0.2) is 10.1 Å². The van der Waals surface area contributed by atoms with E-state index >= 15 is 0 Å². The zero-order valence-electron chi connectivity index (χ0n) is 12.6. The third-order valence-corrected chi connectivity index (χ3v) is 4.99. The Hall–Kier alpha value is -2.14. The first-order valence-electron chi connectivity index (χ1n) is 6.77. The molecule has 0 radical (unpaired) electrons. The smallest absolute Gasteiger partial charge is 0.329 e. The summed E-state index contributed by atoms with van der Waals surface area (Å²) in [6.07, 6.45) is 0.649. The predicted octanol–water partition coefficient (Wildman–Crippen LogP) is 0.397. The van der Waals surface area contributed by atoms with Crippen LogP contribution in [0.3, 0.4) is 0 Å². The maximum atomic E-state index is 12.3. The molecule has 4 N–H and O–H groups in total. The number of Topliss-reactive ketones (excluding diaryl/α,β-unsaturated/α-hetero) is 1. The summed E-state index contributed by atoms with van der Waals surface area (Å²) in [4.78, 5) is 38.1. The van der Waals surface area contributed by atoms with Gasteiger partial charge in [-0.3, -0.25) is 19.1 Å². The summed E-state index contributed by atoms with van der Waals surface area (Å²) in [5.74, 6) is -0.574. The molecule has 0 aliphatic heterocycles. The highest BCUT2D eigenvalue weighted by Crippen LogP contribution is 2.25. The van der Waals surface area contributed by atoms with Gasteiger partial charge in [0.2, 0.25) is 5.13 Å². The third kappa shape index (κ3) is 3.79. The van der Waals surface area contributed by atoms with Crippen molar-refractivity contribution in [2.75, 3.05) is 23.9 Å². The van der Waals surface area contributed by atoms with E-state index in [2.05, 4.69) is 20.5 Å². The van der Waals surface area contributed by atoms with Crippen LogP contribution < -0.4 is 22.3 Å². The number of aromatic nitrogens is 4. The monoisotopic (exact) mass is 356 g/mol. The minimum Gasteiger partial charge on any atom is -0.384 e. The second-order valence-electron chi connectivity index (χ2n) is 4.51. The van der Waals surface area contributed by atoms with Crippen LogP contribution in [-0.2, 0) is 6.54 Å². The summed E-state index contributed by atoms with van der Waals surface area (Å²) >= 11 is 2.46. The number of carbonyl (C=O) groups is 1. The van der Waals surface area contributed by atoms with Gasteiger partial charge in [-0.1, -0.05) is 30.0 Å². The molecule has 0 fully saturated rings. The van der Waals surface area contributed by atoms with Crippen molar-refractivity contribution in [3.05, 3.63) is 26.4 Å². The molecule has 2 rings (SSSR count). The van der Waals surface area contributed by atoms with Crippen molar-refractivity contribution >= 4 is 39.8 Å². The number of nitrogens with zero attached hydrogens (tertiary/aromatic N) is 3. The molecule has 0 atom stereocenters. The summed E-state index contributed by atoms with van der Waals surface area (Å²) in [5.41, 5.74) is 4.28. The van der Waals surface area contributed by atoms with Gasteiger partial charge in [-0.25, -0.2) is 4.79 Å². The van der Waals surface area contributed by atoms with Gasteiger partial charge < -0.3 is 11.1 Å². The van der Waals surface area contributed by atoms with E-state index < -0.39 is 17.0 Å². The molecule has 0 saturated carbocycles. The van der Waals surface area contributed by atoms with Crippen LogP contribution in [0, 0.1) is 0 Å². The lowest BCUT2D eigenvalue weighted by atomic mass is 10.2. The average molecular weight is 356 g/mol. The highest BCUT2D eigenvalue weighted by molar-refractivity contribution is 8.01. The maximum Gasteiger partial charge on any atom is 0.329 e. The molecule has 0 bridgehead atoms. The number of anilines is 2. The van der Waals surface area contributed by atoms with Gasteiger partial charge in [-0.2, -0.15) is 0 Å². The second-order valence-corrected chi connectivity index (χ2v) is 6.71. The van der Waals surface area contributed by atoms with Crippen molar-refractivity contribution in [3.8, 4) is 0 Å². The summed E-state index contributed by atoms with van der Waals surface area (Å²) in [6.45, 7) is 2.19. The minimum atomic E-state index is -0.765. The second kappa shape index (κ2) is 7.42. The van der Waals surface area contributed by atoms with Gasteiger partial charge >= 0.3 is 5.69 Å². The number of thioether (sulfide) groups is 1. The van der Waals surface area contributed by atoms with Crippen molar-refractivity contribution in [2.45, 2.75) is 24.2 Å². The van der Waals surface area contributed by atoms with Crippen LogP contribution in [0.25, 0.3) is 0 Å². The van der Waals surface area contributed by atoms with Gasteiger partial charge in [-0.05, 0) is 6.42 Å². The number of hydrogen-bond acceptors (Lipinski definition) is 9. The first kappa shape index (κ1) is 17.2. The Labute approximate surface area is 139 Å². The zero-order chi connectivity index (χ0) is 17.0. The number of carbonyl (C=O) groups excluding carboxylic acids is 1. The molecule has 0 aliphatic carbocycles. The molecule has 0 amide bonds. The zero-order valence-corrected chi connectivity index (χ0v) is 14.2. The van der Waals surface area contributed by atoms with Crippen LogP contribution in [0.15, 0.2) is 13.9 Å². The van der Waals surface area contributed by atoms with E-state index in [9.17, 15) is 14.4 Å². The molecule has 2 aromatic heterocycles. The van der Waals surface area contributed by atoms with Crippen LogP contribution >= 0.6 is 23.1 Å². The van der Waals surface area contributed by atoms with Crippen LogP contribution in [0.4, 0.5) is 10.9 Å². The van der Waals surface area contributed by atoms with Gasteiger partial charge in [-0.15, -0.1) is 10.2 Å². The van der Waals surface area contributed by atoms with Crippen molar-refractivity contribution in [2.24, 2.45) is 0 Å². The highest BCUT2D eigenvalue weighted by Gasteiger charge is 2.19. The Kier molecular flexibility index (Phi) is 5.55.